The zero-order chi connectivity index (χ0) is 19.2. The average molecular weight is 412 g/mol. The second-order valence-electron chi connectivity index (χ2n) is 11.4. The molecule has 0 amide bonds. The Morgan fingerprint density at radius 1 is 0.964 bits per heavy atom. The highest BCUT2D eigenvalue weighted by Gasteiger charge is 2.60. The van der Waals surface area contributed by atoms with Crippen LogP contribution in [0.3, 0.4) is 0 Å². The number of fused-ring (bicyclic) bond motifs is 5. The monoisotopic (exact) mass is 411 g/mol. The van der Waals surface area contributed by atoms with E-state index >= 15 is 0 Å². The van der Waals surface area contributed by atoms with Crippen molar-refractivity contribution in [1.29, 1.82) is 0 Å². The molecule has 0 bridgehead atoms. The Morgan fingerprint density at radius 3 is 2.43 bits per heavy atom. The van der Waals surface area contributed by atoms with E-state index < -0.39 is 0 Å². The first-order chi connectivity index (χ1) is 12.9. The highest BCUT2D eigenvalue weighted by atomic mass is 35.5. The molecule has 4 fully saturated rings. The molecule has 0 saturated heterocycles. The average Bonchev–Trinajstić information content (AvgIpc) is 3.00. The number of rotatable bonds is 5. The molecular formula is C25H46ClNO. The Bertz CT molecular complexity index is 527. The smallest absolute Gasteiger partial charge is 0.0543 e. The Hall–Kier alpha value is 0.210. The van der Waals surface area contributed by atoms with Crippen molar-refractivity contribution in [2.45, 2.75) is 110 Å². The van der Waals surface area contributed by atoms with E-state index in [9.17, 15) is 5.11 Å². The summed E-state index contributed by atoms with van der Waals surface area (Å²) < 4.78 is 0. The van der Waals surface area contributed by atoms with E-state index in [1.807, 2.05) is 0 Å². The van der Waals surface area contributed by atoms with Gasteiger partial charge >= 0.3 is 0 Å². The molecule has 3 heteroatoms. The van der Waals surface area contributed by atoms with Crippen LogP contribution in [0.15, 0.2) is 0 Å². The number of hydrogen-bond acceptors (Lipinski definition) is 2. The van der Waals surface area contributed by atoms with Gasteiger partial charge in [0, 0.05) is 6.04 Å². The third kappa shape index (κ3) is 3.69. The van der Waals surface area contributed by atoms with Gasteiger partial charge < -0.3 is 10.4 Å². The highest BCUT2D eigenvalue weighted by Crippen LogP contribution is 2.67. The van der Waals surface area contributed by atoms with Gasteiger partial charge in [-0.25, -0.2) is 0 Å². The number of aliphatic hydroxyl groups is 1. The number of aliphatic hydroxyl groups excluding tert-OH is 1. The van der Waals surface area contributed by atoms with E-state index in [1.165, 1.54) is 64.3 Å². The van der Waals surface area contributed by atoms with Crippen molar-refractivity contribution >= 4 is 12.4 Å². The van der Waals surface area contributed by atoms with Gasteiger partial charge in [-0.05, 0) is 118 Å². The first-order valence-electron chi connectivity index (χ1n) is 12.3. The molecule has 1 unspecified atom stereocenters. The summed E-state index contributed by atoms with van der Waals surface area (Å²) >= 11 is 0. The lowest BCUT2D eigenvalue weighted by molar-refractivity contribution is -0.127. The van der Waals surface area contributed by atoms with E-state index in [4.69, 9.17) is 0 Å². The van der Waals surface area contributed by atoms with E-state index in [0.29, 0.717) is 16.9 Å². The fourth-order valence-corrected chi connectivity index (χ4v) is 8.75. The molecule has 2 N–H and O–H groups in total. The van der Waals surface area contributed by atoms with Crippen LogP contribution in [0.25, 0.3) is 0 Å². The molecule has 28 heavy (non-hydrogen) atoms. The van der Waals surface area contributed by atoms with Crippen LogP contribution in [-0.4, -0.2) is 23.8 Å². The van der Waals surface area contributed by atoms with Crippen LogP contribution >= 0.6 is 12.4 Å². The summed E-state index contributed by atoms with van der Waals surface area (Å²) in [7, 11) is 0. The predicted molar refractivity (Wildman–Crippen MR) is 121 cm³/mol. The SMILES string of the molecule is CCCCNC(C)[C@H]1CC[C@H]2[C@@H]3CC[C@H]4C[C@@H](O)CC[C@]4(C)[C@H]3CC[C@]12C.Cl. The summed E-state index contributed by atoms with van der Waals surface area (Å²) in [6, 6.07) is 0.680. The Morgan fingerprint density at radius 2 is 1.68 bits per heavy atom. The summed E-state index contributed by atoms with van der Waals surface area (Å²) in [6.45, 7) is 11.2. The second kappa shape index (κ2) is 8.75. The number of hydrogen-bond donors (Lipinski definition) is 2. The molecule has 0 aromatic rings. The molecule has 0 aromatic carbocycles. The molecule has 2 nitrogen and oxygen atoms in total. The van der Waals surface area contributed by atoms with Crippen molar-refractivity contribution in [2.75, 3.05) is 6.54 Å². The fraction of sp³-hybridized carbons (Fsp3) is 1.00. The second-order valence-corrected chi connectivity index (χ2v) is 11.4. The lowest BCUT2D eigenvalue weighted by Gasteiger charge is -2.61. The fourth-order valence-electron chi connectivity index (χ4n) is 8.75. The molecule has 0 heterocycles. The summed E-state index contributed by atoms with van der Waals surface area (Å²) in [4.78, 5) is 0. The van der Waals surface area contributed by atoms with Crippen LogP contribution in [0.1, 0.15) is 98.3 Å². The molecule has 0 aromatic heterocycles. The summed E-state index contributed by atoms with van der Waals surface area (Å²) in [6.07, 6.45) is 14.7. The molecule has 4 aliphatic carbocycles. The third-order valence-corrected chi connectivity index (χ3v) is 10.3. The van der Waals surface area contributed by atoms with E-state index in [0.717, 1.165) is 42.4 Å². The molecule has 4 rings (SSSR count). The molecule has 0 spiro atoms. The van der Waals surface area contributed by atoms with E-state index in [2.05, 4.69) is 33.0 Å². The maximum absolute atomic E-state index is 10.2. The minimum atomic E-state index is -0.0145. The minimum Gasteiger partial charge on any atom is -0.393 e. The standard InChI is InChI=1S/C25H45NO.ClH/c1-5-6-15-26-17(2)21-9-10-22-20-8-7-18-16-19(27)11-13-24(18,3)23(20)12-14-25(21,22)4;/h17-23,26-27H,5-16H2,1-4H3;1H/t17?,18-,19-,20-,21+,22-,23-,24-,25+;/m0./s1. The zero-order valence-electron chi connectivity index (χ0n) is 18.9. The largest absolute Gasteiger partial charge is 0.393 e. The van der Waals surface area contributed by atoms with Crippen LogP contribution in [-0.2, 0) is 0 Å². The maximum Gasteiger partial charge on any atom is 0.0543 e. The van der Waals surface area contributed by atoms with Gasteiger partial charge in [-0.15, -0.1) is 12.4 Å². The molecule has 0 radical (unpaired) electrons. The first-order valence-corrected chi connectivity index (χ1v) is 12.3. The highest BCUT2D eigenvalue weighted by molar-refractivity contribution is 5.85. The van der Waals surface area contributed by atoms with Crippen molar-refractivity contribution in [1.82, 2.24) is 5.32 Å². The van der Waals surface area contributed by atoms with Crippen molar-refractivity contribution in [2.24, 2.45) is 40.4 Å². The Balaban J connectivity index is 0.00000225. The topological polar surface area (TPSA) is 32.3 Å². The van der Waals surface area contributed by atoms with Gasteiger partial charge in [0.25, 0.3) is 0 Å². The van der Waals surface area contributed by atoms with Gasteiger partial charge in [0.05, 0.1) is 6.10 Å². The molecule has 0 aliphatic heterocycles. The number of unbranched alkanes of at least 4 members (excludes halogenated alkanes) is 1. The van der Waals surface area contributed by atoms with Crippen LogP contribution in [0.2, 0.25) is 0 Å². The van der Waals surface area contributed by atoms with Crippen LogP contribution in [0, 0.1) is 40.4 Å². The minimum absolute atomic E-state index is 0. The van der Waals surface area contributed by atoms with Crippen LogP contribution in [0.4, 0.5) is 0 Å². The lowest BCUT2D eigenvalue weighted by Crippen LogP contribution is -2.55. The third-order valence-electron chi connectivity index (χ3n) is 10.3. The van der Waals surface area contributed by atoms with Gasteiger partial charge in [-0.1, -0.05) is 27.2 Å². The van der Waals surface area contributed by atoms with Gasteiger partial charge in [0.1, 0.15) is 0 Å². The van der Waals surface area contributed by atoms with Crippen LogP contribution < -0.4 is 5.32 Å². The summed E-state index contributed by atoms with van der Waals surface area (Å²) in [5.41, 5.74) is 1.09. The van der Waals surface area contributed by atoms with Gasteiger partial charge in [0.2, 0.25) is 0 Å². The Kier molecular flexibility index (Phi) is 7.15. The normalized spacial score (nSPS) is 48.8. The zero-order valence-corrected chi connectivity index (χ0v) is 19.7. The van der Waals surface area contributed by atoms with Gasteiger partial charge in [-0.3, -0.25) is 0 Å². The molecule has 9 atom stereocenters. The van der Waals surface area contributed by atoms with Crippen LogP contribution in [0.5, 0.6) is 0 Å². The maximum atomic E-state index is 10.2. The first kappa shape index (κ1) is 22.9. The van der Waals surface area contributed by atoms with Gasteiger partial charge in [-0.2, -0.15) is 0 Å². The molecule has 164 valence electrons. The van der Waals surface area contributed by atoms with Crippen molar-refractivity contribution in [3.8, 4) is 0 Å². The van der Waals surface area contributed by atoms with Crippen molar-refractivity contribution in [3.05, 3.63) is 0 Å². The number of halogens is 1. The Labute approximate surface area is 180 Å². The predicted octanol–water partition coefficient (Wildman–Crippen LogP) is 6.21. The number of nitrogens with one attached hydrogen (secondary N) is 1. The van der Waals surface area contributed by atoms with Gasteiger partial charge in [0.15, 0.2) is 0 Å². The van der Waals surface area contributed by atoms with E-state index in [-0.39, 0.29) is 18.5 Å². The molecular weight excluding hydrogens is 366 g/mol. The quantitative estimate of drug-likeness (QED) is 0.527. The molecule has 4 saturated carbocycles. The van der Waals surface area contributed by atoms with E-state index in [1.54, 1.807) is 0 Å². The lowest BCUT2D eigenvalue weighted by atomic mass is 9.44. The molecule has 4 aliphatic rings. The van der Waals surface area contributed by atoms with Crippen molar-refractivity contribution in [3.63, 3.8) is 0 Å². The van der Waals surface area contributed by atoms with Crippen molar-refractivity contribution < 1.29 is 5.11 Å². The summed E-state index contributed by atoms with van der Waals surface area (Å²) in [5, 5.41) is 14.1. The summed E-state index contributed by atoms with van der Waals surface area (Å²) in [5.74, 6) is 4.52.